The fourth-order valence-corrected chi connectivity index (χ4v) is 5.37. The molecule has 8 heteroatoms. The summed E-state index contributed by atoms with van der Waals surface area (Å²) < 4.78 is 32.9. The van der Waals surface area contributed by atoms with Crippen LogP contribution in [0, 0.1) is 20.8 Å². The number of aromatic nitrogens is 2. The molecule has 1 fully saturated rings. The standard InChI is InChI=1S/C24H28N4O3S/c1-17-5-6-20(15-18(17)2)22-8-10-24(26-25-22)27-11-13-28(14-12-27)32(29,30)21-7-9-23(31-4)19(3)16-21/h5-10,15-16H,11-14H2,1-4H3. The highest BCUT2D eigenvalue weighted by atomic mass is 32.2. The summed E-state index contributed by atoms with van der Waals surface area (Å²) in [5.41, 5.74) is 5.13. The molecule has 0 radical (unpaired) electrons. The van der Waals surface area contributed by atoms with Crippen molar-refractivity contribution in [2.75, 3.05) is 38.2 Å². The number of hydrogen-bond donors (Lipinski definition) is 0. The first kappa shape index (κ1) is 22.2. The molecule has 1 aliphatic rings. The molecule has 1 saturated heterocycles. The van der Waals surface area contributed by atoms with Gasteiger partial charge in [-0.3, -0.25) is 0 Å². The van der Waals surface area contributed by atoms with Gasteiger partial charge in [0.2, 0.25) is 10.0 Å². The lowest BCUT2D eigenvalue weighted by molar-refractivity contribution is 0.383. The van der Waals surface area contributed by atoms with Gasteiger partial charge in [0.15, 0.2) is 5.82 Å². The zero-order chi connectivity index (χ0) is 22.9. The van der Waals surface area contributed by atoms with Crippen molar-refractivity contribution in [1.29, 1.82) is 0 Å². The molecule has 7 nitrogen and oxygen atoms in total. The first-order valence-corrected chi connectivity index (χ1v) is 12.0. The number of nitrogens with zero attached hydrogens (tertiary/aromatic N) is 4. The van der Waals surface area contributed by atoms with Crippen LogP contribution in [0.25, 0.3) is 11.3 Å². The van der Waals surface area contributed by atoms with Crippen LogP contribution in [0.3, 0.4) is 0 Å². The Labute approximate surface area is 189 Å². The largest absolute Gasteiger partial charge is 0.496 e. The molecule has 2 aromatic carbocycles. The summed E-state index contributed by atoms with van der Waals surface area (Å²) in [5, 5.41) is 8.80. The van der Waals surface area contributed by atoms with Crippen molar-refractivity contribution in [3.8, 4) is 17.0 Å². The molecule has 0 atom stereocenters. The predicted octanol–water partition coefficient (Wildman–Crippen LogP) is 3.59. The van der Waals surface area contributed by atoms with Gasteiger partial charge in [-0.25, -0.2) is 8.42 Å². The van der Waals surface area contributed by atoms with Gasteiger partial charge in [0, 0.05) is 31.7 Å². The first-order chi connectivity index (χ1) is 15.3. The summed E-state index contributed by atoms with van der Waals surface area (Å²) in [7, 11) is -1.97. The third-order valence-electron chi connectivity index (χ3n) is 6.02. The second-order valence-corrected chi connectivity index (χ2v) is 10.0. The second-order valence-electron chi connectivity index (χ2n) is 8.10. The van der Waals surface area contributed by atoms with Gasteiger partial charge >= 0.3 is 0 Å². The molecule has 0 amide bonds. The average molecular weight is 453 g/mol. The van der Waals surface area contributed by atoms with Crippen molar-refractivity contribution >= 4 is 15.8 Å². The van der Waals surface area contributed by atoms with Gasteiger partial charge in [0.05, 0.1) is 17.7 Å². The van der Waals surface area contributed by atoms with Crippen molar-refractivity contribution in [2.24, 2.45) is 0 Å². The Balaban J connectivity index is 1.44. The number of piperazine rings is 1. The lowest BCUT2D eigenvalue weighted by Crippen LogP contribution is -2.49. The van der Waals surface area contributed by atoms with Crippen LogP contribution in [-0.4, -0.2) is 56.2 Å². The summed E-state index contributed by atoms with van der Waals surface area (Å²) in [5.74, 6) is 1.44. The van der Waals surface area contributed by atoms with Gasteiger partial charge < -0.3 is 9.64 Å². The predicted molar refractivity (Wildman–Crippen MR) is 126 cm³/mol. The zero-order valence-corrected chi connectivity index (χ0v) is 19.7. The average Bonchev–Trinajstić information content (AvgIpc) is 2.81. The normalized spacial score (nSPS) is 15.1. The molecule has 3 aromatic rings. The Bertz CT molecular complexity index is 1220. The molecule has 0 saturated carbocycles. The number of benzene rings is 2. The molecule has 0 unspecified atom stereocenters. The Morgan fingerprint density at radius 1 is 0.812 bits per heavy atom. The minimum absolute atomic E-state index is 0.293. The molecule has 32 heavy (non-hydrogen) atoms. The first-order valence-electron chi connectivity index (χ1n) is 10.6. The van der Waals surface area contributed by atoms with Gasteiger partial charge in [0.1, 0.15) is 5.75 Å². The highest BCUT2D eigenvalue weighted by Crippen LogP contribution is 2.26. The van der Waals surface area contributed by atoms with Crippen LogP contribution < -0.4 is 9.64 Å². The minimum atomic E-state index is -3.55. The van der Waals surface area contributed by atoms with Crippen LogP contribution in [0.1, 0.15) is 16.7 Å². The molecule has 1 aliphatic heterocycles. The van der Waals surface area contributed by atoms with Crippen molar-refractivity contribution in [3.63, 3.8) is 0 Å². The molecule has 0 bridgehead atoms. The monoisotopic (exact) mass is 452 g/mol. The van der Waals surface area contributed by atoms with Gasteiger partial charge in [-0.15, -0.1) is 10.2 Å². The highest BCUT2D eigenvalue weighted by molar-refractivity contribution is 7.89. The quantitative estimate of drug-likeness (QED) is 0.589. The summed E-state index contributed by atoms with van der Waals surface area (Å²) in [6.07, 6.45) is 0. The van der Waals surface area contributed by atoms with Gasteiger partial charge in [-0.2, -0.15) is 4.31 Å². The number of ether oxygens (including phenoxy) is 1. The van der Waals surface area contributed by atoms with E-state index in [2.05, 4.69) is 47.1 Å². The SMILES string of the molecule is COc1ccc(S(=O)(=O)N2CCN(c3ccc(-c4ccc(C)c(C)c4)nn3)CC2)cc1C. The summed E-state index contributed by atoms with van der Waals surface area (Å²) in [4.78, 5) is 2.37. The molecule has 0 N–H and O–H groups in total. The number of rotatable bonds is 5. The Hall–Kier alpha value is -2.97. The molecule has 4 rings (SSSR count). The van der Waals surface area contributed by atoms with Crippen molar-refractivity contribution in [2.45, 2.75) is 25.7 Å². The van der Waals surface area contributed by atoms with E-state index < -0.39 is 10.0 Å². The van der Waals surface area contributed by atoms with Crippen LogP contribution in [0.5, 0.6) is 5.75 Å². The Morgan fingerprint density at radius 2 is 1.56 bits per heavy atom. The third-order valence-corrected chi connectivity index (χ3v) is 7.91. The van der Waals surface area contributed by atoms with E-state index in [9.17, 15) is 8.42 Å². The molecule has 0 aliphatic carbocycles. The van der Waals surface area contributed by atoms with Crippen molar-refractivity contribution < 1.29 is 13.2 Å². The topological polar surface area (TPSA) is 75.6 Å². The number of aryl methyl sites for hydroxylation is 3. The van der Waals surface area contributed by atoms with E-state index >= 15 is 0 Å². The van der Waals surface area contributed by atoms with Crippen LogP contribution in [0.2, 0.25) is 0 Å². The molecular weight excluding hydrogens is 424 g/mol. The van der Waals surface area contributed by atoms with E-state index in [1.807, 2.05) is 19.1 Å². The molecule has 2 heterocycles. The van der Waals surface area contributed by atoms with E-state index in [0.717, 1.165) is 22.6 Å². The van der Waals surface area contributed by atoms with Gasteiger partial charge in [0.25, 0.3) is 0 Å². The zero-order valence-electron chi connectivity index (χ0n) is 18.9. The van der Waals surface area contributed by atoms with Gasteiger partial charge in [-0.05, 0) is 73.9 Å². The summed E-state index contributed by atoms with van der Waals surface area (Å²) in [6, 6.07) is 15.1. The number of methoxy groups -OCH3 is 1. The van der Waals surface area contributed by atoms with Gasteiger partial charge in [-0.1, -0.05) is 12.1 Å². The Morgan fingerprint density at radius 3 is 2.16 bits per heavy atom. The van der Waals surface area contributed by atoms with Crippen LogP contribution in [0.15, 0.2) is 53.4 Å². The maximum Gasteiger partial charge on any atom is 0.243 e. The lowest BCUT2D eigenvalue weighted by atomic mass is 10.0. The van der Waals surface area contributed by atoms with E-state index in [1.54, 1.807) is 25.3 Å². The Kier molecular flexibility index (Phi) is 6.17. The van der Waals surface area contributed by atoms with Crippen LogP contribution in [0.4, 0.5) is 5.82 Å². The minimum Gasteiger partial charge on any atom is -0.496 e. The molecule has 0 spiro atoms. The van der Waals surface area contributed by atoms with E-state index in [4.69, 9.17) is 4.74 Å². The second kappa shape index (κ2) is 8.88. The number of hydrogen-bond acceptors (Lipinski definition) is 6. The molecular formula is C24H28N4O3S. The lowest BCUT2D eigenvalue weighted by Gasteiger charge is -2.34. The van der Waals surface area contributed by atoms with E-state index in [0.29, 0.717) is 36.8 Å². The summed E-state index contributed by atoms with van der Waals surface area (Å²) in [6.45, 7) is 7.93. The number of anilines is 1. The highest BCUT2D eigenvalue weighted by Gasteiger charge is 2.29. The van der Waals surface area contributed by atoms with E-state index in [1.165, 1.54) is 15.4 Å². The van der Waals surface area contributed by atoms with Crippen LogP contribution >= 0.6 is 0 Å². The maximum absolute atomic E-state index is 13.1. The number of sulfonamides is 1. The molecule has 1 aromatic heterocycles. The van der Waals surface area contributed by atoms with Crippen molar-refractivity contribution in [1.82, 2.24) is 14.5 Å². The fraction of sp³-hybridized carbons (Fsp3) is 0.333. The fourth-order valence-electron chi connectivity index (χ4n) is 3.87. The maximum atomic E-state index is 13.1. The van der Waals surface area contributed by atoms with Crippen molar-refractivity contribution in [3.05, 3.63) is 65.2 Å². The summed E-state index contributed by atoms with van der Waals surface area (Å²) >= 11 is 0. The van der Waals surface area contributed by atoms with Crippen LogP contribution in [-0.2, 0) is 10.0 Å². The molecule has 168 valence electrons. The smallest absolute Gasteiger partial charge is 0.243 e. The third kappa shape index (κ3) is 4.33. The van der Waals surface area contributed by atoms with E-state index in [-0.39, 0.29) is 0 Å².